The van der Waals surface area contributed by atoms with Crippen LogP contribution < -0.4 is 5.32 Å². The van der Waals surface area contributed by atoms with Crippen LogP contribution >= 0.6 is 0 Å². The Balaban J connectivity index is 2.04. The van der Waals surface area contributed by atoms with Crippen molar-refractivity contribution in [3.05, 3.63) is 30.1 Å². The molecular formula is C15H23N3O. The van der Waals surface area contributed by atoms with Crippen LogP contribution in [0, 0.1) is 0 Å². The number of nitrogens with one attached hydrogen (secondary N) is 1. The van der Waals surface area contributed by atoms with Crippen LogP contribution in [0.3, 0.4) is 0 Å². The number of aliphatic hydroxyl groups is 1. The number of fused-ring (bicyclic) bond motifs is 1. The van der Waals surface area contributed by atoms with Gasteiger partial charge in [0.15, 0.2) is 0 Å². The van der Waals surface area contributed by atoms with Gasteiger partial charge in [0.1, 0.15) is 5.82 Å². The molecule has 0 aliphatic rings. The van der Waals surface area contributed by atoms with Crippen molar-refractivity contribution in [1.82, 2.24) is 14.9 Å². The van der Waals surface area contributed by atoms with Crippen molar-refractivity contribution < 1.29 is 5.11 Å². The smallest absolute Gasteiger partial charge is 0.123 e. The van der Waals surface area contributed by atoms with Crippen LogP contribution in [0.4, 0.5) is 0 Å². The minimum Gasteiger partial charge on any atom is -0.392 e. The molecule has 0 bridgehead atoms. The molecule has 4 heteroatoms. The summed E-state index contributed by atoms with van der Waals surface area (Å²) in [5, 5.41) is 13.0. The van der Waals surface area contributed by atoms with Gasteiger partial charge in [-0.2, -0.15) is 0 Å². The molecule has 0 saturated carbocycles. The van der Waals surface area contributed by atoms with E-state index in [2.05, 4.69) is 34.8 Å². The van der Waals surface area contributed by atoms with Gasteiger partial charge < -0.3 is 15.0 Å². The number of para-hydroxylation sites is 2. The lowest BCUT2D eigenvalue weighted by Gasteiger charge is -2.11. The molecule has 19 heavy (non-hydrogen) atoms. The average molecular weight is 261 g/mol. The van der Waals surface area contributed by atoms with E-state index in [0.717, 1.165) is 30.7 Å². The number of hydrogen-bond donors (Lipinski definition) is 2. The molecule has 1 heterocycles. The third-order valence-electron chi connectivity index (χ3n) is 3.33. The number of hydrogen-bond acceptors (Lipinski definition) is 3. The fraction of sp³-hybridized carbons (Fsp3) is 0.533. The zero-order chi connectivity index (χ0) is 13.7. The van der Waals surface area contributed by atoms with Crippen LogP contribution in [0.2, 0.25) is 0 Å². The number of nitrogens with zero attached hydrogens (tertiary/aromatic N) is 2. The van der Waals surface area contributed by atoms with Crippen molar-refractivity contribution in [2.24, 2.45) is 0 Å². The normalized spacial score (nSPS) is 13.0. The summed E-state index contributed by atoms with van der Waals surface area (Å²) < 4.78 is 2.22. The number of rotatable bonds is 7. The lowest BCUT2D eigenvalue weighted by Crippen LogP contribution is -2.27. The Bertz CT molecular complexity index is 521. The highest BCUT2D eigenvalue weighted by Crippen LogP contribution is 2.15. The second kappa shape index (κ2) is 6.68. The first-order valence-electron chi connectivity index (χ1n) is 7.09. The zero-order valence-electron chi connectivity index (χ0n) is 11.8. The van der Waals surface area contributed by atoms with Gasteiger partial charge in [0.25, 0.3) is 0 Å². The van der Waals surface area contributed by atoms with Crippen molar-refractivity contribution in [3.63, 3.8) is 0 Å². The Morgan fingerprint density at radius 3 is 2.84 bits per heavy atom. The van der Waals surface area contributed by atoms with Gasteiger partial charge >= 0.3 is 0 Å². The fourth-order valence-corrected chi connectivity index (χ4v) is 2.40. The molecular weight excluding hydrogens is 238 g/mol. The summed E-state index contributed by atoms with van der Waals surface area (Å²) >= 11 is 0. The van der Waals surface area contributed by atoms with Crippen molar-refractivity contribution in [2.75, 3.05) is 6.54 Å². The summed E-state index contributed by atoms with van der Waals surface area (Å²) in [5.74, 6) is 1.03. The van der Waals surface area contributed by atoms with E-state index >= 15 is 0 Å². The maximum atomic E-state index is 9.70. The summed E-state index contributed by atoms with van der Waals surface area (Å²) in [4.78, 5) is 4.65. The van der Waals surface area contributed by atoms with Crippen molar-refractivity contribution >= 4 is 11.0 Å². The van der Waals surface area contributed by atoms with Crippen LogP contribution in [0.5, 0.6) is 0 Å². The zero-order valence-corrected chi connectivity index (χ0v) is 11.8. The van der Waals surface area contributed by atoms with Gasteiger partial charge in [0, 0.05) is 13.1 Å². The molecule has 2 rings (SSSR count). The van der Waals surface area contributed by atoms with Crippen molar-refractivity contribution in [1.29, 1.82) is 0 Å². The number of aromatic nitrogens is 2. The monoisotopic (exact) mass is 261 g/mol. The first-order chi connectivity index (χ1) is 9.26. The summed E-state index contributed by atoms with van der Waals surface area (Å²) in [6, 6.07) is 8.19. The van der Waals surface area contributed by atoms with Gasteiger partial charge in [-0.1, -0.05) is 25.5 Å². The summed E-state index contributed by atoms with van der Waals surface area (Å²) in [7, 11) is 0. The van der Waals surface area contributed by atoms with E-state index < -0.39 is 0 Å². The van der Waals surface area contributed by atoms with E-state index in [4.69, 9.17) is 0 Å². The molecule has 1 unspecified atom stereocenters. The molecule has 1 aromatic carbocycles. The predicted molar refractivity (Wildman–Crippen MR) is 78.0 cm³/mol. The minimum atomic E-state index is -0.260. The van der Waals surface area contributed by atoms with Gasteiger partial charge in [-0.3, -0.25) is 0 Å². The van der Waals surface area contributed by atoms with Crippen LogP contribution in [0.1, 0.15) is 32.5 Å². The number of benzene rings is 1. The minimum absolute atomic E-state index is 0.260. The summed E-state index contributed by atoms with van der Waals surface area (Å²) in [6.07, 6.45) is 1.59. The summed E-state index contributed by atoms with van der Waals surface area (Å²) in [5.41, 5.74) is 2.21. The van der Waals surface area contributed by atoms with Crippen molar-refractivity contribution in [2.45, 2.75) is 45.9 Å². The maximum Gasteiger partial charge on any atom is 0.123 e. The Labute approximate surface area is 114 Å². The van der Waals surface area contributed by atoms with Gasteiger partial charge in [0.2, 0.25) is 0 Å². The Hall–Kier alpha value is -1.39. The van der Waals surface area contributed by atoms with Crippen molar-refractivity contribution in [3.8, 4) is 0 Å². The standard InChI is InChI=1S/C15H23N3O/c1-3-7-12(19)10-16-11-15-17-13-8-5-6-9-14(13)18(15)4-2/h5-6,8-9,12,16,19H,3-4,7,10-11H2,1-2H3. The van der Waals surface area contributed by atoms with Crippen LogP contribution in [0.15, 0.2) is 24.3 Å². The van der Waals surface area contributed by atoms with E-state index in [0.29, 0.717) is 13.1 Å². The summed E-state index contributed by atoms with van der Waals surface area (Å²) in [6.45, 7) is 6.45. The van der Waals surface area contributed by atoms with Gasteiger partial charge in [0.05, 0.1) is 23.7 Å². The lowest BCUT2D eigenvalue weighted by molar-refractivity contribution is 0.160. The quantitative estimate of drug-likeness (QED) is 0.804. The second-order valence-corrected chi connectivity index (χ2v) is 4.83. The molecule has 4 nitrogen and oxygen atoms in total. The number of aliphatic hydroxyl groups excluding tert-OH is 1. The Morgan fingerprint density at radius 2 is 2.11 bits per heavy atom. The number of aryl methyl sites for hydroxylation is 1. The first kappa shape index (κ1) is 14.0. The van der Waals surface area contributed by atoms with Crippen LogP contribution in [0.25, 0.3) is 11.0 Å². The molecule has 0 aliphatic heterocycles. The Kier molecular flexibility index (Phi) is 4.93. The highest BCUT2D eigenvalue weighted by atomic mass is 16.3. The Morgan fingerprint density at radius 1 is 1.32 bits per heavy atom. The third-order valence-corrected chi connectivity index (χ3v) is 3.33. The molecule has 2 aromatic rings. The lowest BCUT2D eigenvalue weighted by atomic mass is 10.2. The third kappa shape index (κ3) is 3.33. The largest absolute Gasteiger partial charge is 0.392 e. The highest BCUT2D eigenvalue weighted by molar-refractivity contribution is 5.75. The maximum absolute atomic E-state index is 9.70. The van der Waals surface area contributed by atoms with E-state index in [-0.39, 0.29) is 6.10 Å². The molecule has 2 N–H and O–H groups in total. The number of imidazole rings is 1. The first-order valence-corrected chi connectivity index (χ1v) is 7.09. The van der Waals surface area contributed by atoms with Crippen LogP contribution in [-0.4, -0.2) is 27.3 Å². The molecule has 0 amide bonds. The average Bonchev–Trinajstić information content (AvgIpc) is 2.76. The van der Waals surface area contributed by atoms with E-state index in [1.807, 2.05) is 18.2 Å². The molecule has 0 aliphatic carbocycles. The second-order valence-electron chi connectivity index (χ2n) is 4.83. The molecule has 1 atom stereocenters. The molecule has 1 aromatic heterocycles. The SMILES string of the molecule is CCCC(O)CNCc1nc2ccccc2n1CC. The molecule has 104 valence electrons. The molecule has 0 fully saturated rings. The highest BCUT2D eigenvalue weighted by Gasteiger charge is 2.09. The van der Waals surface area contributed by atoms with Gasteiger partial charge in [-0.15, -0.1) is 0 Å². The predicted octanol–water partition coefficient (Wildman–Crippen LogP) is 2.31. The van der Waals surface area contributed by atoms with E-state index in [1.54, 1.807) is 0 Å². The molecule has 0 spiro atoms. The molecule has 0 saturated heterocycles. The van der Waals surface area contributed by atoms with Crippen LogP contribution in [-0.2, 0) is 13.1 Å². The fourth-order valence-electron chi connectivity index (χ4n) is 2.40. The van der Waals surface area contributed by atoms with E-state index in [1.165, 1.54) is 5.52 Å². The topological polar surface area (TPSA) is 50.1 Å². The van der Waals surface area contributed by atoms with E-state index in [9.17, 15) is 5.11 Å². The molecule has 0 radical (unpaired) electrons. The van der Waals surface area contributed by atoms with Gasteiger partial charge in [-0.25, -0.2) is 4.98 Å². The van der Waals surface area contributed by atoms with Gasteiger partial charge in [-0.05, 0) is 25.5 Å².